The van der Waals surface area contributed by atoms with Gasteiger partial charge in [0, 0.05) is 45.2 Å². The van der Waals surface area contributed by atoms with E-state index in [2.05, 4.69) is 56.7 Å². The minimum Gasteiger partial charge on any atom is -0.398 e. The fraction of sp³-hybridized carbons (Fsp3) is 0.394. The average Bonchev–Trinajstić information content (AvgIpc) is 2.95. The molecule has 1 heterocycles. The van der Waals surface area contributed by atoms with Gasteiger partial charge in [-0.25, -0.2) is 0 Å². The number of carbonyl (C=O) groups excluding carboxylic acids is 1. The molecule has 7 heteroatoms. The Bertz CT molecular complexity index is 1340. The van der Waals surface area contributed by atoms with Gasteiger partial charge in [-0.05, 0) is 86.4 Å². The molecule has 4 N–H and O–H groups in total. The third kappa shape index (κ3) is 6.53. The Morgan fingerprint density at radius 2 is 1.77 bits per heavy atom. The van der Waals surface area contributed by atoms with Crippen LogP contribution in [0.25, 0.3) is 0 Å². The molecule has 3 aromatic rings. The maximum Gasteiger partial charge on any atom is 0.251 e. The maximum absolute atomic E-state index is 13.4. The van der Waals surface area contributed by atoms with Crippen LogP contribution in [0, 0.1) is 11.3 Å². The third-order valence-electron chi connectivity index (χ3n) is 8.16. The van der Waals surface area contributed by atoms with Crippen molar-refractivity contribution in [2.75, 3.05) is 17.3 Å². The zero-order valence-corrected chi connectivity index (χ0v) is 25.9. The highest BCUT2D eigenvalue weighted by Gasteiger charge is 2.32. The number of halogens is 1. The van der Waals surface area contributed by atoms with Crippen molar-refractivity contribution < 1.29 is 4.79 Å². The number of amides is 1. The number of rotatable bonds is 9. The maximum atomic E-state index is 13.4. The molecule has 0 saturated carbocycles. The second-order valence-corrected chi connectivity index (χ2v) is 13.0. The number of carbonyl (C=O) groups is 1. The number of hydrogen-bond acceptors (Lipinski definition) is 4. The summed E-state index contributed by atoms with van der Waals surface area (Å²) in [7, 11) is 0.991. The molecular formula is C33H42ClN4OP. The molecule has 5 nitrogen and oxygen atoms in total. The predicted octanol–water partition coefficient (Wildman–Crippen LogP) is 7.91. The van der Waals surface area contributed by atoms with Gasteiger partial charge in [0.1, 0.15) is 0 Å². The van der Waals surface area contributed by atoms with Crippen molar-refractivity contribution in [3.8, 4) is 0 Å². The van der Waals surface area contributed by atoms with Crippen LogP contribution in [0.2, 0.25) is 5.02 Å². The number of nitrogens with one attached hydrogen (secondary N) is 2. The normalized spacial score (nSPS) is 20.2. The van der Waals surface area contributed by atoms with Crippen molar-refractivity contribution in [2.45, 2.75) is 70.7 Å². The molecule has 0 aromatic heterocycles. The van der Waals surface area contributed by atoms with Crippen LogP contribution in [0.4, 0.5) is 11.4 Å². The second kappa shape index (κ2) is 13.2. The van der Waals surface area contributed by atoms with Gasteiger partial charge in [0.25, 0.3) is 5.91 Å². The lowest BCUT2D eigenvalue weighted by Gasteiger charge is -2.45. The van der Waals surface area contributed by atoms with E-state index in [0.29, 0.717) is 39.6 Å². The first-order valence-corrected chi connectivity index (χ1v) is 16.2. The minimum absolute atomic E-state index is 0.136. The van der Waals surface area contributed by atoms with Crippen LogP contribution in [0.1, 0.15) is 80.0 Å². The van der Waals surface area contributed by atoms with E-state index in [1.165, 1.54) is 18.5 Å². The Kier molecular flexibility index (Phi) is 9.92. The summed E-state index contributed by atoms with van der Waals surface area (Å²) in [5, 5.41) is 12.7. The van der Waals surface area contributed by atoms with Gasteiger partial charge >= 0.3 is 0 Å². The highest BCUT2D eigenvalue weighted by Crippen LogP contribution is 2.37. The van der Waals surface area contributed by atoms with Gasteiger partial charge in [-0.2, -0.15) is 0 Å². The van der Waals surface area contributed by atoms with Gasteiger partial charge in [-0.1, -0.05) is 62.7 Å². The summed E-state index contributed by atoms with van der Waals surface area (Å²) < 4.78 is 0. The van der Waals surface area contributed by atoms with E-state index in [1.807, 2.05) is 36.4 Å². The number of nitrogen functional groups attached to an aromatic ring is 1. The van der Waals surface area contributed by atoms with E-state index in [9.17, 15) is 4.79 Å². The first kappa shape index (κ1) is 30.1. The number of piperidine rings is 1. The summed E-state index contributed by atoms with van der Waals surface area (Å²) in [6.07, 6.45) is 3.60. The molecule has 5 atom stereocenters. The van der Waals surface area contributed by atoms with Crippen molar-refractivity contribution in [1.82, 2.24) is 5.32 Å². The van der Waals surface area contributed by atoms with E-state index >= 15 is 0 Å². The number of hydrogen-bond donors (Lipinski definition) is 3. The van der Waals surface area contributed by atoms with Crippen molar-refractivity contribution in [1.29, 1.82) is 5.41 Å². The molecule has 4 rings (SSSR count). The summed E-state index contributed by atoms with van der Waals surface area (Å²) in [4.78, 5) is 15.9. The lowest BCUT2D eigenvalue weighted by Crippen LogP contribution is -2.48. The van der Waals surface area contributed by atoms with E-state index in [4.69, 9.17) is 22.7 Å². The highest BCUT2D eigenvalue weighted by atomic mass is 35.5. The van der Waals surface area contributed by atoms with E-state index < -0.39 is 0 Å². The molecule has 1 fully saturated rings. The monoisotopic (exact) mass is 576 g/mol. The summed E-state index contributed by atoms with van der Waals surface area (Å²) in [5.41, 5.74) is 11.8. The number of benzene rings is 3. The van der Waals surface area contributed by atoms with Gasteiger partial charge in [0.05, 0.1) is 11.8 Å². The van der Waals surface area contributed by atoms with Crippen molar-refractivity contribution in [2.24, 2.45) is 5.92 Å². The molecule has 1 aliphatic heterocycles. The zero-order chi connectivity index (χ0) is 29.0. The summed E-state index contributed by atoms with van der Waals surface area (Å²) in [6.45, 7) is 11.0. The Labute approximate surface area is 246 Å². The largest absolute Gasteiger partial charge is 0.398 e. The highest BCUT2D eigenvalue weighted by molar-refractivity contribution is 7.37. The first-order chi connectivity index (χ1) is 19.1. The standard InChI is InChI=1S/C33H42ClN4OP/c1-6-24-19-26(40-5)17-21(4)38(24)25-14-11-22(12-15-25)31(36)28-18-23(13-16-30(28)35)33(39)37-32(20(2)3)27-9-7-8-10-29(27)34/h7-16,18,20-21,24,26,32,36,40H,6,17,19,35H2,1-5H3,(H,37,39). The summed E-state index contributed by atoms with van der Waals surface area (Å²) >= 11 is 6.45. The summed E-state index contributed by atoms with van der Waals surface area (Å²) in [6, 6.07) is 21.8. The number of anilines is 2. The SMILES string of the molecule is CCC1CC(PC)CC(C)N1c1ccc(C(=N)c2cc(C(=O)NC(c3ccccc3Cl)C(C)C)ccc2N)cc1. The Morgan fingerprint density at radius 3 is 2.40 bits per heavy atom. The lowest BCUT2D eigenvalue weighted by atomic mass is 9.92. The lowest BCUT2D eigenvalue weighted by molar-refractivity contribution is 0.0925. The predicted molar refractivity (Wildman–Crippen MR) is 173 cm³/mol. The zero-order valence-electron chi connectivity index (χ0n) is 24.2. The van der Waals surface area contributed by atoms with Crippen LogP contribution in [0.3, 0.4) is 0 Å². The average molecular weight is 577 g/mol. The molecule has 1 amide bonds. The third-order valence-corrected chi connectivity index (χ3v) is 9.79. The smallest absolute Gasteiger partial charge is 0.251 e. The second-order valence-electron chi connectivity index (χ2n) is 11.2. The van der Waals surface area contributed by atoms with Crippen LogP contribution in [-0.4, -0.2) is 36.0 Å². The van der Waals surface area contributed by atoms with Crippen LogP contribution in [0.15, 0.2) is 66.7 Å². The fourth-order valence-corrected chi connectivity index (χ4v) is 7.25. The van der Waals surface area contributed by atoms with Crippen LogP contribution in [0.5, 0.6) is 0 Å². The molecule has 1 aliphatic rings. The van der Waals surface area contributed by atoms with E-state index in [1.54, 1.807) is 18.2 Å². The van der Waals surface area contributed by atoms with Gasteiger partial charge < -0.3 is 16.0 Å². The molecule has 3 aromatic carbocycles. The van der Waals surface area contributed by atoms with Crippen molar-refractivity contribution in [3.63, 3.8) is 0 Å². The van der Waals surface area contributed by atoms with Gasteiger partial charge in [-0.3, -0.25) is 10.2 Å². The molecule has 5 unspecified atom stereocenters. The quantitative estimate of drug-likeness (QED) is 0.137. The Balaban J connectivity index is 1.54. The minimum atomic E-state index is -0.244. The van der Waals surface area contributed by atoms with Crippen molar-refractivity contribution in [3.05, 3.63) is 94.0 Å². The van der Waals surface area contributed by atoms with E-state index in [-0.39, 0.29) is 17.9 Å². The Morgan fingerprint density at radius 1 is 1.10 bits per heavy atom. The molecule has 0 bridgehead atoms. The number of nitrogens with two attached hydrogens (primary N) is 1. The molecule has 0 radical (unpaired) electrons. The fourth-order valence-electron chi connectivity index (χ4n) is 5.91. The van der Waals surface area contributed by atoms with Gasteiger partial charge in [-0.15, -0.1) is 8.58 Å². The topological polar surface area (TPSA) is 82.2 Å². The van der Waals surface area contributed by atoms with E-state index in [0.717, 1.165) is 31.8 Å². The van der Waals surface area contributed by atoms with Crippen LogP contribution >= 0.6 is 20.2 Å². The van der Waals surface area contributed by atoms with Crippen LogP contribution < -0.4 is 16.0 Å². The van der Waals surface area contributed by atoms with Crippen LogP contribution in [-0.2, 0) is 0 Å². The Hall–Kier alpha value is -2.88. The summed E-state index contributed by atoms with van der Waals surface area (Å²) in [5.74, 6) is -0.0872. The van der Waals surface area contributed by atoms with Gasteiger partial charge in [0.2, 0.25) is 0 Å². The first-order valence-electron chi connectivity index (χ1n) is 14.2. The molecule has 40 heavy (non-hydrogen) atoms. The van der Waals surface area contributed by atoms with Gasteiger partial charge in [0.15, 0.2) is 0 Å². The molecule has 212 valence electrons. The molecule has 1 saturated heterocycles. The van der Waals surface area contributed by atoms with Crippen molar-refractivity contribution >= 4 is 43.2 Å². The molecule has 0 spiro atoms. The number of nitrogens with zero attached hydrogens (tertiary/aromatic N) is 1. The molecule has 0 aliphatic carbocycles. The molecular weight excluding hydrogens is 535 g/mol.